The van der Waals surface area contributed by atoms with Crippen molar-refractivity contribution in [2.24, 2.45) is 0 Å². The van der Waals surface area contributed by atoms with E-state index in [2.05, 4.69) is 29.5 Å². The molecular weight excluding hydrogens is 328 g/mol. The maximum Gasteiger partial charge on any atom is 0.272 e. The molecule has 0 atom stereocenters. The van der Waals surface area contributed by atoms with Crippen LogP contribution in [0.15, 0.2) is 42.6 Å². The highest BCUT2D eigenvalue weighted by Crippen LogP contribution is 2.20. The van der Waals surface area contributed by atoms with E-state index in [1.165, 1.54) is 6.92 Å². The molecule has 0 unspecified atom stereocenters. The van der Waals surface area contributed by atoms with E-state index in [0.717, 1.165) is 43.0 Å². The van der Waals surface area contributed by atoms with Crippen LogP contribution in [0.2, 0.25) is 0 Å². The molecule has 0 saturated carbocycles. The number of carbonyl (C=O) groups excluding carboxylic acids is 2. The molecule has 0 radical (unpaired) electrons. The van der Waals surface area contributed by atoms with Crippen LogP contribution in [-0.2, 0) is 4.79 Å². The van der Waals surface area contributed by atoms with Crippen molar-refractivity contribution in [1.29, 1.82) is 0 Å². The lowest BCUT2D eigenvalue weighted by atomic mass is 10.2. The van der Waals surface area contributed by atoms with E-state index in [4.69, 9.17) is 0 Å². The summed E-state index contributed by atoms with van der Waals surface area (Å²) in [5.41, 5.74) is 2.77. The number of benzene rings is 1. The van der Waals surface area contributed by atoms with Crippen LogP contribution in [0.4, 0.5) is 17.1 Å². The third-order valence-electron chi connectivity index (χ3n) is 3.73. The molecule has 1 aromatic heterocycles. The highest BCUT2D eigenvalue weighted by Gasteiger charge is 2.15. The van der Waals surface area contributed by atoms with E-state index < -0.39 is 0 Å². The lowest BCUT2D eigenvalue weighted by molar-refractivity contribution is -0.114. The number of aromatic nitrogens is 1. The average molecular weight is 354 g/mol. The molecular formula is C20H26N4O2. The van der Waals surface area contributed by atoms with Gasteiger partial charge in [0.1, 0.15) is 5.69 Å². The topological polar surface area (TPSA) is 74.3 Å². The molecule has 2 aromatic rings. The van der Waals surface area contributed by atoms with Gasteiger partial charge in [-0.2, -0.15) is 0 Å². The molecule has 1 heterocycles. The van der Waals surface area contributed by atoms with E-state index in [1.54, 1.807) is 12.3 Å². The van der Waals surface area contributed by atoms with Gasteiger partial charge >= 0.3 is 0 Å². The van der Waals surface area contributed by atoms with Crippen molar-refractivity contribution >= 4 is 28.9 Å². The van der Waals surface area contributed by atoms with Gasteiger partial charge in [-0.1, -0.05) is 19.9 Å². The molecule has 2 N–H and O–H groups in total. The number of anilines is 3. The van der Waals surface area contributed by atoms with Crippen molar-refractivity contribution in [1.82, 2.24) is 9.88 Å². The van der Waals surface area contributed by atoms with E-state index in [-0.39, 0.29) is 11.8 Å². The predicted molar refractivity (Wildman–Crippen MR) is 105 cm³/mol. The molecule has 26 heavy (non-hydrogen) atoms. The standard InChI is InChI=1S/C20H26N4O2/c1-4-11-24(12-5-2)20(26)19-10-9-18(14-21-19)23-17-8-6-7-16(13-17)22-15(3)25/h6-10,13-14,23H,4-5,11-12H2,1-3H3,(H,22,25). The number of carbonyl (C=O) groups is 2. The van der Waals surface area contributed by atoms with Gasteiger partial charge in [0.05, 0.1) is 11.9 Å². The highest BCUT2D eigenvalue weighted by atomic mass is 16.2. The van der Waals surface area contributed by atoms with Gasteiger partial charge in [-0.05, 0) is 43.2 Å². The Kier molecular flexibility index (Phi) is 7.14. The third kappa shape index (κ3) is 5.58. The van der Waals surface area contributed by atoms with Gasteiger partial charge in [0.2, 0.25) is 5.91 Å². The van der Waals surface area contributed by atoms with Gasteiger partial charge in [0.25, 0.3) is 5.91 Å². The second kappa shape index (κ2) is 9.56. The number of amides is 2. The minimum absolute atomic E-state index is 0.0343. The van der Waals surface area contributed by atoms with Crippen molar-refractivity contribution < 1.29 is 9.59 Å². The zero-order chi connectivity index (χ0) is 18.9. The molecule has 0 aliphatic carbocycles. The quantitative estimate of drug-likeness (QED) is 0.750. The number of hydrogen-bond donors (Lipinski definition) is 2. The molecule has 2 rings (SSSR count). The lowest BCUT2D eigenvalue weighted by Gasteiger charge is -2.21. The SMILES string of the molecule is CCCN(CCC)C(=O)c1ccc(Nc2cccc(NC(C)=O)c2)cn1. The van der Waals surface area contributed by atoms with Crippen LogP contribution >= 0.6 is 0 Å². The highest BCUT2D eigenvalue weighted by molar-refractivity contribution is 5.92. The van der Waals surface area contributed by atoms with Gasteiger partial charge < -0.3 is 15.5 Å². The zero-order valence-corrected chi connectivity index (χ0v) is 15.6. The third-order valence-corrected chi connectivity index (χ3v) is 3.73. The molecule has 138 valence electrons. The van der Waals surface area contributed by atoms with Crippen LogP contribution in [-0.4, -0.2) is 34.8 Å². The summed E-state index contributed by atoms with van der Waals surface area (Å²) >= 11 is 0. The minimum atomic E-state index is -0.115. The Hall–Kier alpha value is -2.89. The number of rotatable bonds is 8. The molecule has 6 nitrogen and oxygen atoms in total. The van der Waals surface area contributed by atoms with Crippen LogP contribution in [0.3, 0.4) is 0 Å². The van der Waals surface area contributed by atoms with Crippen molar-refractivity contribution in [3.8, 4) is 0 Å². The normalized spacial score (nSPS) is 10.3. The van der Waals surface area contributed by atoms with Crippen LogP contribution in [0.25, 0.3) is 0 Å². The summed E-state index contributed by atoms with van der Waals surface area (Å²) < 4.78 is 0. The second-order valence-electron chi connectivity index (χ2n) is 6.11. The predicted octanol–water partition coefficient (Wildman–Crippen LogP) is 4.05. The van der Waals surface area contributed by atoms with E-state index in [0.29, 0.717) is 5.69 Å². The largest absolute Gasteiger partial charge is 0.354 e. The Bertz CT molecular complexity index is 738. The second-order valence-corrected chi connectivity index (χ2v) is 6.11. The zero-order valence-electron chi connectivity index (χ0n) is 15.6. The smallest absolute Gasteiger partial charge is 0.272 e. The Balaban J connectivity index is 2.07. The van der Waals surface area contributed by atoms with Gasteiger partial charge in [0.15, 0.2) is 0 Å². The average Bonchev–Trinajstić information content (AvgIpc) is 2.61. The summed E-state index contributed by atoms with van der Waals surface area (Å²) in [5, 5.41) is 5.97. The van der Waals surface area contributed by atoms with Crippen LogP contribution < -0.4 is 10.6 Å². The Labute approximate surface area is 154 Å². The minimum Gasteiger partial charge on any atom is -0.354 e. The Morgan fingerprint density at radius 3 is 2.27 bits per heavy atom. The fraction of sp³-hybridized carbons (Fsp3) is 0.350. The first-order valence-electron chi connectivity index (χ1n) is 8.93. The van der Waals surface area contributed by atoms with E-state index in [9.17, 15) is 9.59 Å². The number of hydrogen-bond acceptors (Lipinski definition) is 4. The van der Waals surface area contributed by atoms with Gasteiger partial charge in [-0.15, -0.1) is 0 Å². The molecule has 0 aliphatic heterocycles. The van der Waals surface area contributed by atoms with E-state index >= 15 is 0 Å². The number of nitrogens with one attached hydrogen (secondary N) is 2. The van der Waals surface area contributed by atoms with Crippen molar-refractivity contribution in [2.45, 2.75) is 33.6 Å². The molecule has 6 heteroatoms. The molecule has 0 spiro atoms. The van der Waals surface area contributed by atoms with Crippen molar-refractivity contribution in [3.63, 3.8) is 0 Å². The summed E-state index contributed by atoms with van der Waals surface area (Å²) in [6.07, 6.45) is 3.50. The lowest BCUT2D eigenvalue weighted by Crippen LogP contribution is -2.33. The molecule has 0 bridgehead atoms. The monoisotopic (exact) mass is 354 g/mol. The summed E-state index contributed by atoms with van der Waals surface area (Å²) in [6, 6.07) is 11.0. The van der Waals surface area contributed by atoms with Crippen molar-refractivity contribution in [2.75, 3.05) is 23.7 Å². The fourth-order valence-corrected chi connectivity index (χ4v) is 2.66. The Morgan fingerprint density at radius 1 is 1.00 bits per heavy atom. The Morgan fingerprint density at radius 2 is 1.69 bits per heavy atom. The van der Waals surface area contributed by atoms with Crippen LogP contribution in [0.1, 0.15) is 44.1 Å². The number of nitrogens with zero attached hydrogens (tertiary/aromatic N) is 2. The maximum absolute atomic E-state index is 12.5. The van der Waals surface area contributed by atoms with Crippen LogP contribution in [0.5, 0.6) is 0 Å². The van der Waals surface area contributed by atoms with Gasteiger partial charge in [0, 0.05) is 31.4 Å². The maximum atomic E-state index is 12.5. The summed E-state index contributed by atoms with van der Waals surface area (Å²) in [6.45, 7) is 7.08. The summed E-state index contributed by atoms with van der Waals surface area (Å²) in [4.78, 5) is 29.8. The van der Waals surface area contributed by atoms with Gasteiger partial charge in [-0.25, -0.2) is 4.98 Å². The first-order valence-corrected chi connectivity index (χ1v) is 8.93. The first-order chi connectivity index (χ1) is 12.5. The molecule has 2 amide bonds. The summed E-state index contributed by atoms with van der Waals surface area (Å²) in [7, 11) is 0. The molecule has 0 aliphatic rings. The first kappa shape index (κ1) is 19.4. The van der Waals surface area contributed by atoms with E-state index in [1.807, 2.05) is 35.2 Å². The van der Waals surface area contributed by atoms with Crippen LogP contribution in [0, 0.1) is 0 Å². The number of pyridine rings is 1. The molecule has 1 aromatic carbocycles. The van der Waals surface area contributed by atoms with Crippen molar-refractivity contribution in [3.05, 3.63) is 48.3 Å². The summed E-state index contributed by atoms with van der Waals surface area (Å²) in [5.74, 6) is -0.150. The molecule has 0 saturated heterocycles. The van der Waals surface area contributed by atoms with Gasteiger partial charge in [-0.3, -0.25) is 9.59 Å². The fourth-order valence-electron chi connectivity index (χ4n) is 2.66. The molecule has 0 fully saturated rings.